The zero-order valence-electron chi connectivity index (χ0n) is 14.1. The first-order chi connectivity index (χ1) is 11.6. The van der Waals surface area contributed by atoms with E-state index >= 15 is 0 Å². The largest absolute Gasteiger partial charge is 0.493 e. The maximum absolute atomic E-state index is 11.7. The second-order valence-corrected chi connectivity index (χ2v) is 6.10. The van der Waals surface area contributed by atoms with Crippen molar-refractivity contribution in [1.82, 2.24) is 10.6 Å². The number of aryl methyl sites for hydroxylation is 2. The number of urea groups is 1. The Morgan fingerprint density at radius 3 is 2.50 bits per heavy atom. The lowest BCUT2D eigenvalue weighted by Crippen LogP contribution is -2.36. The lowest BCUT2D eigenvalue weighted by molar-refractivity contribution is 0.238. The molecule has 0 aromatic heterocycles. The summed E-state index contributed by atoms with van der Waals surface area (Å²) in [5.41, 5.74) is 3.22. The molecule has 0 fully saturated rings. The third-order valence-corrected chi connectivity index (χ3v) is 3.84. The van der Waals surface area contributed by atoms with Crippen molar-refractivity contribution < 1.29 is 9.53 Å². The summed E-state index contributed by atoms with van der Waals surface area (Å²) < 4.78 is 5.81. The molecule has 2 aromatic rings. The third-order valence-electron chi connectivity index (χ3n) is 3.60. The molecular formula is C19H23ClN2O2. The molecule has 2 N–H and O–H groups in total. The number of para-hydroxylation sites is 1. The summed E-state index contributed by atoms with van der Waals surface area (Å²) >= 11 is 5.91. The second-order valence-electron chi connectivity index (χ2n) is 5.66. The number of benzene rings is 2. The van der Waals surface area contributed by atoms with E-state index in [9.17, 15) is 4.79 Å². The van der Waals surface area contributed by atoms with Gasteiger partial charge in [0.15, 0.2) is 0 Å². The number of ether oxygens (including phenoxy) is 1. The normalized spacial score (nSPS) is 10.3. The average Bonchev–Trinajstić information content (AvgIpc) is 2.55. The molecule has 0 aliphatic rings. The lowest BCUT2D eigenvalue weighted by Gasteiger charge is -2.12. The van der Waals surface area contributed by atoms with Crippen molar-refractivity contribution >= 4 is 17.6 Å². The Labute approximate surface area is 148 Å². The molecule has 128 valence electrons. The van der Waals surface area contributed by atoms with E-state index in [2.05, 4.69) is 10.6 Å². The third kappa shape index (κ3) is 5.78. The van der Waals surface area contributed by atoms with Crippen molar-refractivity contribution in [3.63, 3.8) is 0 Å². The monoisotopic (exact) mass is 346 g/mol. The number of nitrogens with one attached hydrogen (secondary N) is 2. The number of hydrogen-bond donors (Lipinski definition) is 2. The molecule has 24 heavy (non-hydrogen) atoms. The van der Waals surface area contributed by atoms with Gasteiger partial charge in [0, 0.05) is 18.1 Å². The summed E-state index contributed by atoms with van der Waals surface area (Å²) in [6, 6.07) is 13.3. The van der Waals surface area contributed by atoms with Gasteiger partial charge in [-0.25, -0.2) is 4.79 Å². The number of hydrogen-bond acceptors (Lipinski definition) is 2. The van der Waals surface area contributed by atoms with Crippen molar-refractivity contribution in [2.45, 2.75) is 26.8 Å². The molecule has 0 spiro atoms. The van der Waals surface area contributed by atoms with Crippen LogP contribution in [0.2, 0.25) is 5.02 Å². The fourth-order valence-electron chi connectivity index (χ4n) is 2.37. The zero-order valence-corrected chi connectivity index (χ0v) is 14.8. The fourth-order valence-corrected chi connectivity index (χ4v) is 2.58. The lowest BCUT2D eigenvalue weighted by atomic mass is 10.1. The molecule has 0 unspecified atom stereocenters. The van der Waals surface area contributed by atoms with E-state index in [1.165, 1.54) is 0 Å². The molecule has 2 rings (SSSR count). The number of amides is 2. The topological polar surface area (TPSA) is 50.4 Å². The van der Waals surface area contributed by atoms with Crippen LogP contribution in [0.15, 0.2) is 42.5 Å². The van der Waals surface area contributed by atoms with Crippen LogP contribution in [0.1, 0.15) is 23.1 Å². The second kappa shape index (κ2) is 9.18. The Bertz CT molecular complexity index is 669. The SMILES string of the molecule is Cc1cccc(C)c1OCCCNC(=O)NCc1cccc(Cl)c1. The van der Waals surface area contributed by atoms with E-state index in [0.717, 1.165) is 28.9 Å². The molecule has 0 heterocycles. The van der Waals surface area contributed by atoms with Crippen LogP contribution >= 0.6 is 11.6 Å². The van der Waals surface area contributed by atoms with Gasteiger partial charge in [-0.15, -0.1) is 0 Å². The molecule has 2 aromatic carbocycles. The predicted octanol–water partition coefficient (Wildman–Crippen LogP) is 4.23. The molecule has 0 radical (unpaired) electrons. The molecule has 4 nitrogen and oxygen atoms in total. The zero-order chi connectivity index (χ0) is 17.4. The van der Waals surface area contributed by atoms with Crippen molar-refractivity contribution in [2.75, 3.05) is 13.2 Å². The Hall–Kier alpha value is -2.20. The smallest absolute Gasteiger partial charge is 0.315 e. The van der Waals surface area contributed by atoms with Crippen LogP contribution in [-0.4, -0.2) is 19.2 Å². The van der Waals surface area contributed by atoms with Crippen molar-refractivity contribution in [3.8, 4) is 5.75 Å². The van der Waals surface area contributed by atoms with Gasteiger partial charge in [0.1, 0.15) is 5.75 Å². The minimum absolute atomic E-state index is 0.193. The van der Waals surface area contributed by atoms with Crippen LogP contribution in [0, 0.1) is 13.8 Å². The summed E-state index contributed by atoms with van der Waals surface area (Å²) in [7, 11) is 0. The standard InChI is InChI=1S/C19H23ClN2O2/c1-14-6-3-7-15(2)18(14)24-11-5-10-21-19(23)22-13-16-8-4-9-17(20)12-16/h3-4,6-9,12H,5,10-11,13H2,1-2H3,(H2,21,22,23). The van der Waals surface area contributed by atoms with Crippen LogP contribution < -0.4 is 15.4 Å². The molecule has 0 atom stereocenters. The first kappa shape index (κ1) is 18.1. The maximum Gasteiger partial charge on any atom is 0.315 e. The molecular weight excluding hydrogens is 324 g/mol. The summed E-state index contributed by atoms with van der Waals surface area (Å²) in [6.07, 6.45) is 0.748. The quantitative estimate of drug-likeness (QED) is 0.737. The number of halogens is 1. The first-order valence-corrected chi connectivity index (χ1v) is 8.39. The number of carbonyl (C=O) groups excluding carboxylic acids is 1. The summed E-state index contributed by atoms with van der Waals surface area (Å²) in [5, 5.41) is 6.29. The van der Waals surface area contributed by atoms with Crippen molar-refractivity contribution in [2.24, 2.45) is 0 Å². The Morgan fingerprint density at radius 1 is 1.08 bits per heavy atom. The van der Waals surface area contributed by atoms with Gasteiger partial charge in [0.05, 0.1) is 6.61 Å². The van der Waals surface area contributed by atoms with Crippen LogP contribution in [0.4, 0.5) is 4.79 Å². The van der Waals surface area contributed by atoms with Gasteiger partial charge in [-0.05, 0) is 49.1 Å². The van der Waals surface area contributed by atoms with Crippen molar-refractivity contribution in [1.29, 1.82) is 0 Å². The van der Waals surface area contributed by atoms with E-state index in [-0.39, 0.29) is 6.03 Å². The van der Waals surface area contributed by atoms with Gasteiger partial charge < -0.3 is 15.4 Å². The summed E-state index contributed by atoms with van der Waals surface area (Å²) in [4.78, 5) is 11.7. The van der Waals surface area contributed by atoms with Crippen molar-refractivity contribution in [3.05, 3.63) is 64.2 Å². The highest BCUT2D eigenvalue weighted by Gasteiger charge is 2.04. The highest BCUT2D eigenvalue weighted by atomic mass is 35.5. The Morgan fingerprint density at radius 2 is 1.79 bits per heavy atom. The molecule has 0 saturated carbocycles. The van der Waals surface area contributed by atoms with Gasteiger partial charge in [0.2, 0.25) is 0 Å². The van der Waals surface area contributed by atoms with Crippen LogP contribution in [-0.2, 0) is 6.54 Å². The maximum atomic E-state index is 11.7. The number of rotatable bonds is 7. The van der Waals surface area contributed by atoms with Gasteiger partial charge in [-0.3, -0.25) is 0 Å². The van der Waals surface area contributed by atoms with Gasteiger partial charge in [-0.1, -0.05) is 41.9 Å². The average molecular weight is 347 g/mol. The Kier molecular flexibility index (Phi) is 6.94. The van der Waals surface area contributed by atoms with E-state index < -0.39 is 0 Å². The molecule has 0 saturated heterocycles. The summed E-state index contributed by atoms with van der Waals surface area (Å²) in [5.74, 6) is 0.933. The fraction of sp³-hybridized carbons (Fsp3) is 0.316. The van der Waals surface area contributed by atoms with E-state index in [1.807, 2.05) is 50.2 Å². The molecule has 0 aliphatic carbocycles. The van der Waals surface area contributed by atoms with Gasteiger partial charge in [0.25, 0.3) is 0 Å². The summed E-state index contributed by atoms with van der Waals surface area (Å²) in [6.45, 7) is 5.64. The predicted molar refractivity (Wildman–Crippen MR) is 97.7 cm³/mol. The van der Waals surface area contributed by atoms with Crippen LogP contribution in [0.3, 0.4) is 0 Å². The highest BCUT2D eigenvalue weighted by Crippen LogP contribution is 2.22. The van der Waals surface area contributed by atoms with E-state index in [1.54, 1.807) is 6.07 Å². The van der Waals surface area contributed by atoms with Gasteiger partial charge >= 0.3 is 6.03 Å². The molecule has 5 heteroatoms. The molecule has 0 bridgehead atoms. The molecule has 0 aliphatic heterocycles. The minimum Gasteiger partial charge on any atom is -0.493 e. The molecule has 2 amide bonds. The van der Waals surface area contributed by atoms with E-state index in [0.29, 0.717) is 24.7 Å². The first-order valence-electron chi connectivity index (χ1n) is 8.01. The minimum atomic E-state index is -0.193. The van der Waals surface area contributed by atoms with Gasteiger partial charge in [-0.2, -0.15) is 0 Å². The highest BCUT2D eigenvalue weighted by molar-refractivity contribution is 6.30. The van der Waals surface area contributed by atoms with Crippen LogP contribution in [0.5, 0.6) is 5.75 Å². The van der Waals surface area contributed by atoms with Crippen LogP contribution in [0.25, 0.3) is 0 Å². The number of carbonyl (C=O) groups is 1. The van der Waals surface area contributed by atoms with E-state index in [4.69, 9.17) is 16.3 Å². The Balaban J connectivity index is 1.63.